The van der Waals surface area contributed by atoms with Crippen LogP contribution in [0.2, 0.25) is 0 Å². The number of carbonyl (C=O) groups is 2. The molecule has 1 atom stereocenters. The number of alkyl halides is 1. The second-order valence-corrected chi connectivity index (χ2v) is 4.33. The normalized spacial score (nSPS) is 11.9. The first-order chi connectivity index (χ1) is 7.15. The molecule has 0 rings (SSSR count). The lowest BCUT2D eigenvalue weighted by molar-refractivity contribution is -0.147. The van der Waals surface area contributed by atoms with Gasteiger partial charge in [0.2, 0.25) is 5.91 Å². The molecule has 0 saturated carbocycles. The molecule has 0 radical (unpaired) electrons. The van der Waals surface area contributed by atoms with E-state index in [-0.39, 0.29) is 17.2 Å². The summed E-state index contributed by atoms with van der Waals surface area (Å²) in [5, 5.41) is 2.81. The molecule has 0 bridgehead atoms. The number of nitrogens with one attached hydrogen (secondary N) is 1. The molecule has 0 aromatic heterocycles. The fraction of sp³-hybridized carbons (Fsp3) is 0.778. The van der Waals surface area contributed by atoms with E-state index in [1.165, 1.54) is 0 Å². The van der Waals surface area contributed by atoms with E-state index in [9.17, 15) is 9.59 Å². The van der Waals surface area contributed by atoms with Crippen molar-refractivity contribution >= 4 is 39.6 Å². The quantitative estimate of drug-likeness (QED) is 0.566. The van der Waals surface area contributed by atoms with Crippen LogP contribution in [0.1, 0.15) is 13.3 Å². The maximum absolute atomic E-state index is 11.4. The molecule has 88 valence electrons. The van der Waals surface area contributed by atoms with Gasteiger partial charge in [0.25, 0.3) is 0 Å². The molecule has 0 fully saturated rings. The molecule has 1 unspecified atom stereocenters. The lowest BCUT2D eigenvalue weighted by Crippen LogP contribution is -2.42. The van der Waals surface area contributed by atoms with Gasteiger partial charge < -0.3 is 10.1 Å². The standard InChI is InChI=1S/C9H16BrNO3S/c1-3-14-9(13)7(4-5-15-2)11-8(12)6-10/h7H,3-6H2,1-2H3,(H,11,12). The molecule has 0 heterocycles. The summed E-state index contributed by atoms with van der Waals surface area (Å²) in [6.45, 7) is 2.08. The molecule has 0 aliphatic rings. The lowest BCUT2D eigenvalue weighted by Gasteiger charge is -2.15. The van der Waals surface area contributed by atoms with Gasteiger partial charge in [-0.1, -0.05) is 15.9 Å². The number of ether oxygens (including phenoxy) is 1. The fourth-order valence-electron chi connectivity index (χ4n) is 0.960. The Kier molecular flexibility index (Phi) is 8.89. The Morgan fingerprint density at radius 1 is 1.53 bits per heavy atom. The summed E-state index contributed by atoms with van der Waals surface area (Å²) in [5.41, 5.74) is 0. The van der Waals surface area contributed by atoms with Crippen molar-refractivity contribution in [3.8, 4) is 0 Å². The van der Waals surface area contributed by atoms with Crippen molar-refractivity contribution in [1.29, 1.82) is 0 Å². The van der Waals surface area contributed by atoms with Gasteiger partial charge in [0.1, 0.15) is 6.04 Å². The number of hydrogen-bond donors (Lipinski definition) is 1. The highest BCUT2D eigenvalue weighted by Crippen LogP contribution is 2.03. The van der Waals surface area contributed by atoms with E-state index >= 15 is 0 Å². The number of esters is 1. The van der Waals surface area contributed by atoms with E-state index in [1.54, 1.807) is 18.7 Å². The van der Waals surface area contributed by atoms with Crippen molar-refractivity contribution in [2.24, 2.45) is 0 Å². The Labute approximate surface area is 103 Å². The van der Waals surface area contributed by atoms with Crippen LogP contribution < -0.4 is 5.32 Å². The third kappa shape index (κ3) is 6.78. The fourth-order valence-corrected chi connectivity index (χ4v) is 1.59. The number of rotatable bonds is 7. The SMILES string of the molecule is CCOC(=O)C(CCSC)NC(=O)CBr. The van der Waals surface area contributed by atoms with Crippen LogP contribution in [0.5, 0.6) is 0 Å². The topological polar surface area (TPSA) is 55.4 Å². The zero-order valence-electron chi connectivity index (χ0n) is 8.92. The Morgan fingerprint density at radius 3 is 2.67 bits per heavy atom. The molecule has 1 N–H and O–H groups in total. The lowest BCUT2D eigenvalue weighted by atomic mass is 10.2. The van der Waals surface area contributed by atoms with Crippen LogP contribution in [0.4, 0.5) is 0 Å². The second-order valence-electron chi connectivity index (χ2n) is 2.79. The Bertz CT molecular complexity index is 214. The maximum atomic E-state index is 11.4. The summed E-state index contributed by atoms with van der Waals surface area (Å²) in [5.74, 6) is 0.251. The van der Waals surface area contributed by atoms with Crippen molar-refractivity contribution in [3.63, 3.8) is 0 Å². The highest BCUT2D eigenvalue weighted by Gasteiger charge is 2.20. The van der Waals surface area contributed by atoms with E-state index in [1.807, 2.05) is 6.26 Å². The maximum Gasteiger partial charge on any atom is 0.328 e. The van der Waals surface area contributed by atoms with Crippen LogP contribution in [0.25, 0.3) is 0 Å². The molecule has 1 amide bonds. The van der Waals surface area contributed by atoms with Crippen LogP contribution in [0, 0.1) is 0 Å². The summed E-state index contributed by atoms with van der Waals surface area (Å²) in [6.07, 6.45) is 2.55. The van der Waals surface area contributed by atoms with Crippen LogP contribution in [-0.2, 0) is 14.3 Å². The summed E-state index contributed by atoms with van der Waals surface area (Å²) in [4.78, 5) is 22.6. The van der Waals surface area contributed by atoms with Gasteiger partial charge in [-0.15, -0.1) is 0 Å². The van der Waals surface area contributed by atoms with Gasteiger partial charge in [-0.05, 0) is 25.4 Å². The van der Waals surface area contributed by atoms with Gasteiger partial charge in [0, 0.05) is 0 Å². The molecule has 0 spiro atoms. The Hall–Kier alpha value is -0.230. The highest BCUT2D eigenvalue weighted by molar-refractivity contribution is 9.09. The van der Waals surface area contributed by atoms with E-state index in [0.717, 1.165) is 5.75 Å². The zero-order chi connectivity index (χ0) is 11.7. The van der Waals surface area contributed by atoms with Crippen molar-refractivity contribution in [3.05, 3.63) is 0 Å². The molecule has 15 heavy (non-hydrogen) atoms. The number of hydrogen-bond acceptors (Lipinski definition) is 4. The van der Waals surface area contributed by atoms with Gasteiger partial charge in [-0.25, -0.2) is 4.79 Å². The smallest absolute Gasteiger partial charge is 0.328 e. The van der Waals surface area contributed by atoms with Gasteiger partial charge in [-0.3, -0.25) is 4.79 Å². The molecule has 0 aromatic rings. The Balaban J connectivity index is 4.16. The molecule has 4 nitrogen and oxygen atoms in total. The average Bonchev–Trinajstić information content (AvgIpc) is 2.24. The van der Waals surface area contributed by atoms with Gasteiger partial charge in [0.05, 0.1) is 11.9 Å². The number of thioether (sulfide) groups is 1. The highest BCUT2D eigenvalue weighted by atomic mass is 79.9. The summed E-state index contributed by atoms with van der Waals surface area (Å²) >= 11 is 4.66. The summed E-state index contributed by atoms with van der Waals surface area (Å²) in [7, 11) is 0. The first-order valence-electron chi connectivity index (χ1n) is 4.66. The van der Waals surface area contributed by atoms with E-state index < -0.39 is 6.04 Å². The minimum Gasteiger partial charge on any atom is -0.464 e. The van der Waals surface area contributed by atoms with E-state index in [0.29, 0.717) is 13.0 Å². The first-order valence-corrected chi connectivity index (χ1v) is 7.18. The van der Waals surface area contributed by atoms with Crippen LogP contribution in [0.15, 0.2) is 0 Å². The summed E-state index contributed by atoms with van der Waals surface area (Å²) in [6, 6.07) is -0.526. The van der Waals surface area contributed by atoms with Crippen LogP contribution in [0.3, 0.4) is 0 Å². The number of carbonyl (C=O) groups excluding carboxylic acids is 2. The van der Waals surface area contributed by atoms with Crippen LogP contribution in [-0.4, -0.2) is 41.9 Å². The molecular formula is C9H16BrNO3S. The van der Waals surface area contributed by atoms with Crippen molar-refractivity contribution in [2.45, 2.75) is 19.4 Å². The largest absolute Gasteiger partial charge is 0.464 e. The molecule has 0 aliphatic carbocycles. The Morgan fingerprint density at radius 2 is 2.20 bits per heavy atom. The number of halogens is 1. The van der Waals surface area contributed by atoms with E-state index in [2.05, 4.69) is 21.2 Å². The van der Waals surface area contributed by atoms with E-state index in [4.69, 9.17) is 4.74 Å². The first kappa shape index (κ1) is 14.8. The van der Waals surface area contributed by atoms with Crippen molar-refractivity contribution in [1.82, 2.24) is 5.32 Å². The molecule has 0 aliphatic heterocycles. The third-order valence-electron chi connectivity index (χ3n) is 1.64. The predicted molar refractivity (Wildman–Crippen MR) is 65.4 cm³/mol. The van der Waals surface area contributed by atoms with Crippen molar-refractivity contribution < 1.29 is 14.3 Å². The average molecular weight is 298 g/mol. The molecular weight excluding hydrogens is 282 g/mol. The molecule has 0 saturated heterocycles. The zero-order valence-corrected chi connectivity index (χ0v) is 11.3. The predicted octanol–water partition coefficient (Wildman–Crippen LogP) is 1.18. The minimum atomic E-state index is -0.526. The van der Waals surface area contributed by atoms with Gasteiger partial charge >= 0.3 is 5.97 Å². The second kappa shape index (κ2) is 9.03. The van der Waals surface area contributed by atoms with Gasteiger partial charge in [0.15, 0.2) is 0 Å². The van der Waals surface area contributed by atoms with Gasteiger partial charge in [-0.2, -0.15) is 11.8 Å². The molecule has 6 heteroatoms. The molecule has 0 aromatic carbocycles. The number of amides is 1. The van der Waals surface area contributed by atoms with Crippen molar-refractivity contribution in [2.75, 3.05) is 23.9 Å². The minimum absolute atomic E-state index is 0.197. The van der Waals surface area contributed by atoms with Crippen LogP contribution >= 0.6 is 27.7 Å². The summed E-state index contributed by atoms with van der Waals surface area (Å²) < 4.78 is 4.87. The third-order valence-corrected chi connectivity index (χ3v) is 2.79. The monoisotopic (exact) mass is 297 g/mol.